The molecule has 0 saturated carbocycles. The topological polar surface area (TPSA) is 33.0 Å². The van der Waals surface area contributed by atoms with E-state index in [0.717, 1.165) is 0 Å². The fraction of sp³-hybridized carbons (Fsp3) is 0.182. The molecule has 0 radical (unpaired) electrons. The van der Waals surface area contributed by atoms with Gasteiger partial charge in [-0.2, -0.15) is 5.26 Å². The third kappa shape index (κ3) is 2.28. The number of rotatable bonds is 2. The van der Waals surface area contributed by atoms with Crippen molar-refractivity contribution in [2.75, 3.05) is 7.11 Å². The summed E-state index contributed by atoms with van der Waals surface area (Å²) < 4.78 is 18.5. The number of methoxy groups -OCH3 is 1. The molecule has 0 amide bonds. The van der Waals surface area contributed by atoms with E-state index in [1.807, 2.05) is 6.07 Å². The van der Waals surface area contributed by atoms with Crippen LogP contribution in [0.25, 0.3) is 5.03 Å². The Morgan fingerprint density at radius 1 is 1.53 bits per heavy atom. The second kappa shape index (κ2) is 4.81. The fourth-order valence-electron chi connectivity index (χ4n) is 1.12. The molecule has 0 aliphatic heterocycles. The van der Waals surface area contributed by atoms with Crippen LogP contribution >= 0.6 is 11.6 Å². The Balaban J connectivity index is 3.44. The van der Waals surface area contributed by atoms with Gasteiger partial charge in [0.15, 0.2) is 0 Å². The van der Waals surface area contributed by atoms with Gasteiger partial charge in [-0.3, -0.25) is 0 Å². The van der Waals surface area contributed by atoms with Gasteiger partial charge in [0.2, 0.25) is 0 Å². The predicted molar refractivity (Wildman–Crippen MR) is 57.0 cm³/mol. The highest BCUT2D eigenvalue weighted by molar-refractivity contribution is 6.49. The summed E-state index contributed by atoms with van der Waals surface area (Å²) in [6, 6.07) is 6.24. The Hall–Kier alpha value is -1.53. The minimum atomic E-state index is -0.506. The number of benzene rings is 1. The number of nitrogens with zero attached hydrogens (tertiary/aromatic N) is 1. The van der Waals surface area contributed by atoms with Crippen molar-refractivity contribution in [1.82, 2.24) is 0 Å². The predicted octanol–water partition coefficient (Wildman–Crippen LogP) is 3.33. The van der Waals surface area contributed by atoms with Gasteiger partial charge in [0.25, 0.3) is 0 Å². The van der Waals surface area contributed by atoms with Crippen molar-refractivity contribution in [3.05, 3.63) is 35.2 Å². The quantitative estimate of drug-likeness (QED) is 0.724. The molecule has 0 N–H and O–H groups in total. The van der Waals surface area contributed by atoms with E-state index in [-0.39, 0.29) is 16.2 Å². The zero-order chi connectivity index (χ0) is 11.4. The number of hydrogen-bond donors (Lipinski definition) is 0. The van der Waals surface area contributed by atoms with Crippen molar-refractivity contribution in [2.45, 2.75) is 6.92 Å². The largest absolute Gasteiger partial charge is 0.496 e. The molecule has 0 spiro atoms. The lowest BCUT2D eigenvalue weighted by molar-refractivity contribution is 0.410. The molecule has 1 rings (SSSR count). The molecule has 1 aromatic rings. The first-order chi connectivity index (χ1) is 7.11. The van der Waals surface area contributed by atoms with E-state index in [9.17, 15) is 4.39 Å². The van der Waals surface area contributed by atoms with Gasteiger partial charge in [0.1, 0.15) is 11.6 Å². The first-order valence-corrected chi connectivity index (χ1v) is 4.59. The van der Waals surface area contributed by atoms with Crippen molar-refractivity contribution in [2.24, 2.45) is 0 Å². The summed E-state index contributed by atoms with van der Waals surface area (Å²) in [5, 5.41) is 8.74. The maximum absolute atomic E-state index is 13.5. The van der Waals surface area contributed by atoms with Crippen LogP contribution in [0.15, 0.2) is 23.8 Å². The van der Waals surface area contributed by atoms with Crippen LogP contribution in [0.1, 0.15) is 12.5 Å². The van der Waals surface area contributed by atoms with Gasteiger partial charge in [0, 0.05) is 5.57 Å². The molecule has 0 aliphatic rings. The van der Waals surface area contributed by atoms with E-state index in [1.54, 1.807) is 6.07 Å². The smallest absolute Gasteiger partial charge is 0.135 e. The van der Waals surface area contributed by atoms with Crippen LogP contribution in [-0.2, 0) is 0 Å². The third-order valence-electron chi connectivity index (χ3n) is 1.91. The standard InChI is InChI=1S/C11H9ClFNO/c1-7(6-14)11(12)10-8(13)4-3-5-9(10)15-2/h3-5H,1-2H3. The first-order valence-electron chi connectivity index (χ1n) is 4.21. The van der Waals surface area contributed by atoms with Crippen LogP contribution in [-0.4, -0.2) is 7.11 Å². The molecule has 0 unspecified atom stereocenters. The van der Waals surface area contributed by atoms with Crippen LogP contribution < -0.4 is 4.74 Å². The van der Waals surface area contributed by atoms with E-state index >= 15 is 0 Å². The molecule has 0 aliphatic carbocycles. The first kappa shape index (κ1) is 11.5. The maximum Gasteiger partial charge on any atom is 0.135 e. The highest BCUT2D eigenvalue weighted by Crippen LogP contribution is 2.33. The van der Waals surface area contributed by atoms with E-state index in [1.165, 1.54) is 26.2 Å². The van der Waals surface area contributed by atoms with E-state index in [0.29, 0.717) is 5.75 Å². The highest BCUT2D eigenvalue weighted by atomic mass is 35.5. The molecule has 1 aromatic carbocycles. The highest BCUT2D eigenvalue weighted by Gasteiger charge is 2.14. The molecule has 0 bridgehead atoms. The summed E-state index contributed by atoms with van der Waals surface area (Å²) >= 11 is 5.88. The van der Waals surface area contributed by atoms with Crippen molar-refractivity contribution in [3.8, 4) is 11.8 Å². The molecule has 0 fully saturated rings. The third-order valence-corrected chi connectivity index (χ3v) is 2.38. The van der Waals surface area contributed by atoms with Gasteiger partial charge >= 0.3 is 0 Å². The van der Waals surface area contributed by atoms with Crippen LogP contribution in [0.4, 0.5) is 4.39 Å². The van der Waals surface area contributed by atoms with Gasteiger partial charge in [-0.25, -0.2) is 4.39 Å². The zero-order valence-corrected chi connectivity index (χ0v) is 9.10. The Kier molecular flexibility index (Phi) is 3.70. The molecule has 0 heterocycles. The summed E-state index contributed by atoms with van der Waals surface area (Å²) in [5.41, 5.74) is 0.376. The van der Waals surface area contributed by atoms with E-state index < -0.39 is 5.82 Å². The molecular weight excluding hydrogens is 217 g/mol. The normalized spacial score (nSPS) is 11.7. The molecule has 15 heavy (non-hydrogen) atoms. The maximum atomic E-state index is 13.5. The Labute approximate surface area is 92.5 Å². The van der Waals surface area contributed by atoms with Crippen LogP contribution in [0.2, 0.25) is 0 Å². The van der Waals surface area contributed by atoms with Crippen molar-refractivity contribution < 1.29 is 9.13 Å². The number of halogens is 2. The van der Waals surface area contributed by atoms with Crippen molar-refractivity contribution in [3.63, 3.8) is 0 Å². The molecule has 0 aromatic heterocycles. The Morgan fingerprint density at radius 2 is 2.20 bits per heavy atom. The molecular formula is C11H9ClFNO. The summed E-state index contributed by atoms with van der Waals surface area (Å²) in [7, 11) is 1.42. The average molecular weight is 226 g/mol. The lowest BCUT2D eigenvalue weighted by Crippen LogP contribution is -1.94. The summed E-state index contributed by atoms with van der Waals surface area (Å²) in [4.78, 5) is 0. The lowest BCUT2D eigenvalue weighted by atomic mass is 10.1. The molecule has 4 heteroatoms. The van der Waals surface area contributed by atoms with E-state index in [4.69, 9.17) is 21.6 Å². The summed E-state index contributed by atoms with van der Waals surface area (Å²) in [6.45, 7) is 1.52. The van der Waals surface area contributed by atoms with E-state index in [2.05, 4.69) is 0 Å². The molecule has 0 saturated heterocycles. The number of hydrogen-bond acceptors (Lipinski definition) is 2. The Bertz CT molecular complexity index is 448. The Morgan fingerprint density at radius 3 is 2.73 bits per heavy atom. The summed E-state index contributed by atoms with van der Waals surface area (Å²) in [6.07, 6.45) is 0. The van der Waals surface area contributed by atoms with Crippen LogP contribution in [0.3, 0.4) is 0 Å². The molecule has 2 nitrogen and oxygen atoms in total. The van der Waals surface area contributed by atoms with Gasteiger partial charge < -0.3 is 4.74 Å². The number of allylic oxidation sites excluding steroid dienone is 1. The van der Waals surface area contributed by atoms with Gasteiger partial charge in [0.05, 0.1) is 23.8 Å². The molecule has 78 valence electrons. The number of nitriles is 1. The van der Waals surface area contributed by atoms with Gasteiger partial charge in [-0.05, 0) is 19.1 Å². The second-order valence-corrected chi connectivity index (χ2v) is 3.25. The monoisotopic (exact) mass is 225 g/mol. The minimum Gasteiger partial charge on any atom is -0.496 e. The van der Waals surface area contributed by atoms with Gasteiger partial charge in [-0.1, -0.05) is 17.7 Å². The van der Waals surface area contributed by atoms with Crippen LogP contribution in [0.5, 0.6) is 5.75 Å². The average Bonchev–Trinajstić information content (AvgIpc) is 2.26. The molecule has 0 atom stereocenters. The zero-order valence-electron chi connectivity index (χ0n) is 8.34. The minimum absolute atomic E-state index is 0.0763. The van der Waals surface area contributed by atoms with Crippen LogP contribution in [0, 0.1) is 17.1 Å². The summed E-state index contributed by atoms with van der Waals surface area (Å²) in [5.74, 6) is -0.191. The van der Waals surface area contributed by atoms with Gasteiger partial charge in [-0.15, -0.1) is 0 Å². The fourth-order valence-corrected chi connectivity index (χ4v) is 1.35. The van der Waals surface area contributed by atoms with Crippen molar-refractivity contribution >= 4 is 16.6 Å². The number of ether oxygens (including phenoxy) is 1. The lowest BCUT2D eigenvalue weighted by Gasteiger charge is -2.08. The van der Waals surface area contributed by atoms with Crippen molar-refractivity contribution in [1.29, 1.82) is 5.26 Å². The SMILES string of the molecule is COc1cccc(F)c1C(Cl)=C(C)C#N. The second-order valence-electron chi connectivity index (χ2n) is 2.87.